The Morgan fingerprint density at radius 1 is 1.08 bits per heavy atom. The third kappa shape index (κ3) is 4.40. The van der Waals surface area contributed by atoms with Gasteiger partial charge in [0.2, 0.25) is 0 Å². The Bertz CT molecular complexity index is 942. The number of thiophene rings is 1. The Kier molecular flexibility index (Phi) is 5.88. The summed E-state index contributed by atoms with van der Waals surface area (Å²) in [6.45, 7) is 0. The zero-order chi connectivity index (χ0) is 18.5. The van der Waals surface area contributed by atoms with Crippen molar-refractivity contribution < 1.29 is 9.53 Å². The number of benzene rings is 2. The number of hydrogen-bond acceptors (Lipinski definition) is 4. The summed E-state index contributed by atoms with van der Waals surface area (Å²) in [4.78, 5) is 13.1. The highest BCUT2D eigenvalue weighted by Gasteiger charge is 2.18. The summed E-state index contributed by atoms with van der Waals surface area (Å²) in [5.41, 5.74) is 2.21. The van der Waals surface area contributed by atoms with E-state index >= 15 is 0 Å². The molecule has 0 fully saturated rings. The van der Waals surface area contributed by atoms with Crippen molar-refractivity contribution in [2.45, 2.75) is 0 Å². The van der Waals surface area contributed by atoms with E-state index in [4.69, 9.17) is 28.6 Å². The van der Waals surface area contributed by atoms with Crippen LogP contribution in [-0.4, -0.2) is 18.2 Å². The number of ether oxygens (including phenoxy) is 1. The number of carbonyl (C=O) groups excluding carboxylic acids is 1. The van der Waals surface area contributed by atoms with Gasteiger partial charge >= 0.3 is 5.97 Å². The third-order valence-corrected chi connectivity index (χ3v) is 5.04. The highest BCUT2D eigenvalue weighted by Crippen LogP contribution is 2.36. The summed E-state index contributed by atoms with van der Waals surface area (Å²) in [7, 11) is 1.36. The van der Waals surface area contributed by atoms with Crippen LogP contribution < -0.4 is 10.6 Å². The lowest BCUT2D eigenvalue weighted by molar-refractivity contribution is 0.0602. The van der Waals surface area contributed by atoms with Crippen LogP contribution in [0.5, 0.6) is 0 Å². The minimum atomic E-state index is -0.420. The van der Waals surface area contributed by atoms with E-state index in [2.05, 4.69) is 10.6 Å². The fraction of sp³-hybridized carbons (Fsp3) is 0.0526. The Hall–Kier alpha value is -2.41. The van der Waals surface area contributed by atoms with Crippen molar-refractivity contribution in [1.82, 2.24) is 0 Å². The number of carbonyl (C=O) groups is 1. The molecule has 1 heterocycles. The molecule has 0 unspecified atom stereocenters. The number of nitrogens with one attached hydrogen (secondary N) is 2. The maximum absolute atomic E-state index is 12.1. The molecule has 0 atom stereocenters. The molecule has 0 aliphatic carbocycles. The lowest BCUT2D eigenvalue weighted by atomic mass is 10.1. The number of halogens is 1. The van der Waals surface area contributed by atoms with Crippen molar-refractivity contribution in [2.24, 2.45) is 0 Å². The molecule has 0 saturated heterocycles. The van der Waals surface area contributed by atoms with E-state index < -0.39 is 5.97 Å². The van der Waals surface area contributed by atoms with Crippen molar-refractivity contribution in [1.29, 1.82) is 0 Å². The fourth-order valence-corrected chi connectivity index (χ4v) is 3.85. The second kappa shape index (κ2) is 8.31. The van der Waals surface area contributed by atoms with E-state index in [9.17, 15) is 4.79 Å². The molecule has 132 valence electrons. The summed E-state index contributed by atoms with van der Waals surface area (Å²) >= 11 is 12.8. The quantitative estimate of drug-likeness (QED) is 0.435. The lowest BCUT2D eigenvalue weighted by Crippen LogP contribution is -2.19. The van der Waals surface area contributed by atoms with Gasteiger partial charge in [-0.15, -0.1) is 11.3 Å². The minimum absolute atomic E-state index is 0.360. The molecule has 3 rings (SSSR count). The van der Waals surface area contributed by atoms with Gasteiger partial charge in [0.05, 0.1) is 12.7 Å². The predicted molar refractivity (Wildman–Crippen MR) is 112 cm³/mol. The van der Waals surface area contributed by atoms with Crippen molar-refractivity contribution >= 4 is 56.9 Å². The van der Waals surface area contributed by atoms with Crippen LogP contribution in [0.4, 0.5) is 10.7 Å². The third-order valence-electron chi connectivity index (χ3n) is 3.51. The molecule has 2 N–H and O–H groups in total. The summed E-state index contributed by atoms with van der Waals surface area (Å²) in [5, 5.41) is 7.72. The van der Waals surface area contributed by atoms with Crippen LogP contribution in [0.3, 0.4) is 0 Å². The monoisotopic (exact) mass is 402 g/mol. The van der Waals surface area contributed by atoms with Crippen LogP contribution in [0.25, 0.3) is 10.4 Å². The number of esters is 1. The zero-order valence-corrected chi connectivity index (χ0v) is 16.2. The van der Waals surface area contributed by atoms with Gasteiger partial charge in [0, 0.05) is 15.6 Å². The van der Waals surface area contributed by atoms with Crippen LogP contribution in [0.2, 0.25) is 5.02 Å². The van der Waals surface area contributed by atoms with Gasteiger partial charge in [-0.3, -0.25) is 0 Å². The van der Waals surface area contributed by atoms with Crippen molar-refractivity contribution in [3.8, 4) is 10.4 Å². The molecule has 3 aromatic rings. The van der Waals surface area contributed by atoms with E-state index in [1.54, 1.807) is 18.2 Å². The van der Waals surface area contributed by atoms with Gasteiger partial charge in [-0.25, -0.2) is 4.79 Å². The number of thiocarbonyl (C=S) groups is 1. The molecule has 0 radical (unpaired) electrons. The molecule has 2 aromatic carbocycles. The zero-order valence-electron chi connectivity index (χ0n) is 13.8. The first-order valence-corrected chi connectivity index (χ1v) is 9.28. The molecule has 0 spiro atoms. The molecule has 0 bridgehead atoms. The SMILES string of the molecule is COC(=O)c1cc(-c2ccccc2)sc1NC(=S)Nc1cccc(Cl)c1. The number of rotatable bonds is 4. The fourth-order valence-electron chi connectivity index (χ4n) is 2.32. The normalized spacial score (nSPS) is 10.2. The smallest absolute Gasteiger partial charge is 0.340 e. The maximum atomic E-state index is 12.1. The van der Waals surface area contributed by atoms with E-state index in [-0.39, 0.29) is 0 Å². The Morgan fingerprint density at radius 3 is 2.54 bits per heavy atom. The van der Waals surface area contributed by atoms with Gasteiger partial charge in [-0.2, -0.15) is 0 Å². The van der Waals surface area contributed by atoms with Gasteiger partial charge in [-0.1, -0.05) is 48.0 Å². The Balaban J connectivity index is 1.84. The largest absolute Gasteiger partial charge is 0.465 e. The molecular formula is C19H15ClN2O2S2. The molecule has 7 heteroatoms. The van der Waals surface area contributed by atoms with Crippen LogP contribution in [0, 0.1) is 0 Å². The van der Waals surface area contributed by atoms with Gasteiger partial charge in [-0.05, 0) is 42.0 Å². The second-order valence-corrected chi connectivity index (χ2v) is 7.20. The molecule has 0 saturated carbocycles. The molecule has 4 nitrogen and oxygen atoms in total. The van der Waals surface area contributed by atoms with E-state index in [0.29, 0.717) is 20.7 Å². The standard InChI is InChI=1S/C19H15ClN2O2S2/c1-24-18(23)15-11-16(12-6-3-2-4-7-12)26-17(15)22-19(25)21-14-9-5-8-13(20)10-14/h2-11H,1H3,(H2,21,22,25). The lowest BCUT2D eigenvalue weighted by Gasteiger charge is -2.10. The first-order valence-electron chi connectivity index (χ1n) is 7.68. The molecular weight excluding hydrogens is 388 g/mol. The van der Waals surface area contributed by atoms with Gasteiger partial charge < -0.3 is 15.4 Å². The summed E-state index contributed by atoms with van der Waals surface area (Å²) in [6.07, 6.45) is 0. The first kappa shape index (κ1) is 18.4. The Labute approximate surface area is 165 Å². The van der Waals surface area contributed by atoms with Crippen molar-refractivity contribution in [2.75, 3.05) is 17.7 Å². The van der Waals surface area contributed by atoms with Gasteiger partial charge in [0.25, 0.3) is 0 Å². The highest BCUT2D eigenvalue weighted by atomic mass is 35.5. The van der Waals surface area contributed by atoms with Crippen LogP contribution in [0.1, 0.15) is 10.4 Å². The molecule has 0 aliphatic rings. The summed E-state index contributed by atoms with van der Waals surface area (Å²) < 4.78 is 4.89. The van der Waals surface area contributed by atoms with Crippen LogP contribution in [0.15, 0.2) is 60.7 Å². The number of hydrogen-bond donors (Lipinski definition) is 2. The predicted octanol–water partition coefficient (Wildman–Crippen LogP) is 5.66. The first-order chi connectivity index (χ1) is 12.6. The van der Waals surface area contributed by atoms with E-state index in [1.165, 1.54) is 18.4 Å². The topological polar surface area (TPSA) is 50.4 Å². The molecule has 1 aromatic heterocycles. The molecule has 0 amide bonds. The average molecular weight is 403 g/mol. The molecule has 26 heavy (non-hydrogen) atoms. The second-order valence-electron chi connectivity index (χ2n) is 5.30. The average Bonchev–Trinajstić information content (AvgIpc) is 3.05. The molecule has 0 aliphatic heterocycles. The van der Waals surface area contributed by atoms with E-state index in [0.717, 1.165) is 16.1 Å². The van der Waals surface area contributed by atoms with Crippen molar-refractivity contribution in [3.05, 3.63) is 71.2 Å². The van der Waals surface area contributed by atoms with Gasteiger partial charge in [0.15, 0.2) is 5.11 Å². The van der Waals surface area contributed by atoms with E-state index in [1.807, 2.05) is 42.5 Å². The summed E-state index contributed by atoms with van der Waals surface area (Å²) in [5.74, 6) is -0.420. The number of anilines is 2. The number of methoxy groups -OCH3 is 1. The van der Waals surface area contributed by atoms with Crippen LogP contribution in [-0.2, 0) is 4.74 Å². The van der Waals surface area contributed by atoms with Gasteiger partial charge in [0.1, 0.15) is 5.00 Å². The maximum Gasteiger partial charge on any atom is 0.340 e. The van der Waals surface area contributed by atoms with Crippen molar-refractivity contribution in [3.63, 3.8) is 0 Å². The van der Waals surface area contributed by atoms with Crippen LogP contribution >= 0.6 is 35.2 Å². The summed E-state index contributed by atoms with van der Waals surface area (Å²) in [6, 6.07) is 18.8. The minimum Gasteiger partial charge on any atom is -0.465 e. The highest BCUT2D eigenvalue weighted by molar-refractivity contribution is 7.80. The Morgan fingerprint density at radius 2 is 1.85 bits per heavy atom.